The number of esters is 1. The van der Waals surface area contributed by atoms with Crippen molar-refractivity contribution in [1.29, 1.82) is 0 Å². The van der Waals surface area contributed by atoms with E-state index in [0.717, 1.165) is 6.42 Å². The molecule has 5 nitrogen and oxygen atoms in total. The molecule has 0 spiro atoms. The monoisotopic (exact) mass is 280 g/mol. The molecule has 0 heterocycles. The summed E-state index contributed by atoms with van der Waals surface area (Å²) in [6.07, 6.45) is 4.64. The van der Waals surface area contributed by atoms with E-state index < -0.39 is 5.97 Å². The van der Waals surface area contributed by atoms with Gasteiger partial charge in [0.05, 0.1) is 26.9 Å². The van der Waals surface area contributed by atoms with Crippen LogP contribution in [0.15, 0.2) is 24.3 Å². The molecule has 1 rings (SSSR count). The molecule has 0 aromatic heterocycles. The van der Waals surface area contributed by atoms with E-state index >= 15 is 0 Å². The molecule has 0 radical (unpaired) electrons. The molecular formula is C15H20O5. The van der Waals surface area contributed by atoms with Gasteiger partial charge in [0.25, 0.3) is 0 Å². The van der Waals surface area contributed by atoms with Crippen molar-refractivity contribution >= 4 is 5.97 Å². The fourth-order valence-corrected chi connectivity index (χ4v) is 1.64. The zero-order valence-corrected chi connectivity index (χ0v) is 12.3. The predicted molar refractivity (Wildman–Crippen MR) is 75.8 cm³/mol. The maximum Gasteiger partial charge on any atom is 0.338 e. The standard InChI is InChI=1S/C15H20O5/c1-5-6-7-8-20-15(16)11-9-12(17-2)14(19-4)13(10-11)18-3/h6-7,9-10H,5,8H2,1-4H3. The lowest BCUT2D eigenvalue weighted by atomic mass is 10.2. The van der Waals surface area contributed by atoms with Gasteiger partial charge in [0, 0.05) is 0 Å². The van der Waals surface area contributed by atoms with Crippen LogP contribution in [0.3, 0.4) is 0 Å². The molecular weight excluding hydrogens is 260 g/mol. The third-order valence-electron chi connectivity index (χ3n) is 2.61. The number of allylic oxidation sites excluding steroid dienone is 1. The topological polar surface area (TPSA) is 54.0 Å². The van der Waals surface area contributed by atoms with Crippen LogP contribution in [0.4, 0.5) is 0 Å². The second kappa shape index (κ2) is 8.09. The first-order chi connectivity index (χ1) is 9.67. The second-order valence-corrected chi connectivity index (χ2v) is 3.89. The van der Waals surface area contributed by atoms with Gasteiger partial charge in [-0.3, -0.25) is 0 Å². The Morgan fingerprint density at radius 3 is 2.10 bits per heavy atom. The Kier molecular flexibility index (Phi) is 6.43. The number of rotatable bonds is 7. The van der Waals surface area contributed by atoms with Crippen LogP contribution >= 0.6 is 0 Å². The molecule has 5 heteroatoms. The number of carbonyl (C=O) groups is 1. The lowest BCUT2D eigenvalue weighted by Gasteiger charge is -2.13. The van der Waals surface area contributed by atoms with Crippen LogP contribution in [-0.2, 0) is 4.74 Å². The Morgan fingerprint density at radius 1 is 1.05 bits per heavy atom. The highest BCUT2D eigenvalue weighted by atomic mass is 16.5. The van der Waals surface area contributed by atoms with Gasteiger partial charge in [0.1, 0.15) is 6.61 Å². The first kappa shape index (κ1) is 15.9. The van der Waals surface area contributed by atoms with Gasteiger partial charge in [0.2, 0.25) is 5.75 Å². The lowest BCUT2D eigenvalue weighted by Crippen LogP contribution is -2.06. The summed E-state index contributed by atoms with van der Waals surface area (Å²) in [6, 6.07) is 3.13. The summed E-state index contributed by atoms with van der Waals surface area (Å²) >= 11 is 0. The number of ether oxygens (including phenoxy) is 4. The van der Waals surface area contributed by atoms with Crippen molar-refractivity contribution in [1.82, 2.24) is 0 Å². The van der Waals surface area contributed by atoms with E-state index in [1.165, 1.54) is 21.3 Å². The van der Waals surface area contributed by atoms with Gasteiger partial charge < -0.3 is 18.9 Å². The third kappa shape index (κ3) is 3.91. The van der Waals surface area contributed by atoms with Gasteiger partial charge in [0.15, 0.2) is 11.5 Å². The first-order valence-electron chi connectivity index (χ1n) is 6.30. The van der Waals surface area contributed by atoms with Gasteiger partial charge in [-0.25, -0.2) is 4.79 Å². The zero-order valence-electron chi connectivity index (χ0n) is 12.3. The van der Waals surface area contributed by atoms with Crippen molar-refractivity contribution in [3.8, 4) is 17.2 Å². The molecule has 0 fully saturated rings. The number of methoxy groups -OCH3 is 3. The molecule has 0 saturated carbocycles. The van der Waals surface area contributed by atoms with Crippen molar-refractivity contribution in [3.63, 3.8) is 0 Å². The minimum atomic E-state index is -0.440. The molecule has 0 saturated heterocycles. The summed E-state index contributed by atoms with van der Waals surface area (Å²) < 4.78 is 20.7. The number of hydrogen-bond donors (Lipinski definition) is 0. The maximum atomic E-state index is 11.9. The Balaban J connectivity index is 2.95. The maximum absolute atomic E-state index is 11.9. The van der Waals surface area contributed by atoms with E-state index in [2.05, 4.69) is 0 Å². The number of hydrogen-bond acceptors (Lipinski definition) is 5. The molecule has 0 atom stereocenters. The van der Waals surface area contributed by atoms with Crippen LogP contribution in [0.1, 0.15) is 23.7 Å². The smallest absolute Gasteiger partial charge is 0.338 e. The zero-order chi connectivity index (χ0) is 15.0. The Labute approximate surface area is 119 Å². The lowest BCUT2D eigenvalue weighted by molar-refractivity contribution is 0.0548. The van der Waals surface area contributed by atoms with Gasteiger partial charge in [-0.15, -0.1) is 0 Å². The molecule has 0 aliphatic rings. The minimum Gasteiger partial charge on any atom is -0.493 e. The van der Waals surface area contributed by atoms with Crippen molar-refractivity contribution in [2.45, 2.75) is 13.3 Å². The average molecular weight is 280 g/mol. The van der Waals surface area contributed by atoms with E-state index in [9.17, 15) is 4.79 Å². The summed E-state index contributed by atoms with van der Waals surface area (Å²) in [5, 5.41) is 0. The summed E-state index contributed by atoms with van der Waals surface area (Å²) in [6.45, 7) is 2.25. The van der Waals surface area contributed by atoms with Crippen LogP contribution in [-0.4, -0.2) is 33.9 Å². The quantitative estimate of drug-likeness (QED) is 0.568. The van der Waals surface area contributed by atoms with E-state index in [1.54, 1.807) is 18.2 Å². The van der Waals surface area contributed by atoms with Crippen LogP contribution < -0.4 is 14.2 Å². The summed E-state index contributed by atoms with van der Waals surface area (Å²) in [4.78, 5) is 11.9. The molecule has 110 valence electrons. The van der Waals surface area contributed by atoms with Crippen molar-refractivity contribution in [3.05, 3.63) is 29.8 Å². The Morgan fingerprint density at radius 2 is 1.65 bits per heavy atom. The van der Waals surface area contributed by atoms with Gasteiger partial charge in [-0.2, -0.15) is 0 Å². The fraction of sp³-hybridized carbons (Fsp3) is 0.400. The van der Waals surface area contributed by atoms with Crippen molar-refractivity contribution in [2.75, 3.05) is 27.9 Å². The number of carbonyl (C=O) groups excluding carboxylic acids is 1. The van der Waals surface area contributed by atoms with Gasteiger partial charge in [-0.1, -0.05) is 19.1 Å². The van der Waals surface area contributed by atoms with Gasteiger partial charge in [-0.05, 0) is 18.6 Å². The fourth-order valence-electron chi connectivity index (χ4n) is 1.64. The van der Waals surface area contributed by atoms with Crippen LogP contribution in [0, 0.1) is 0 Å². The van der Waals surface area contributed by atoms with Crippen LogP contribution in [0.2, 0.25) is 0 Å². The molecule has 0 amide bonds. The highest BCUT2D eigenvalue weighted by molar-refractivity contribution is 5.91. The highest BCUT2D eigenvalue weighted by Crippen LogP contribution is 2.38. The highest BCUT2D eigenvalue weighted by Gasteiger charge is 2.17. The van der Waals surface area contributed by atoms with Gasteiger partial charge >= 0.3 is 5.97 Å². The molecule has 0 aliphatic heterocycles. The first-order valence-corrected chi connectivity index (χ1v) is 6.30. The molecule has 0 bridgehead atoms. The Bertz CT molecular complexity index is 454. The van der Waals surface area contributed by atoms with E-state index in [4.69, 9.17) is 18.9 Å². The van der Waals surface area contributed by atoms with Crippen molar-refractivity contribution < 1.29 is 23.7 Å². The normalized spacial score (nSPS) is 10.4. The average Bonchev–Trinajstić information content (AvgIpc) is 2.49. The SMILES string of the molecule is CCC=CCOC(=O)c1cc(OC)c(OC)c(OC)c1. The predicted octanol–water partition coefficient (Wildman–Crippen LogP) is 2.84. The molecule has 0 unspecified atom stereocenters. The van der Waals surface area contributed by atoms with Crippen molar-refractivity contribution in [2.24, 2.45) is 0 Å². The summed E-state index contributed by atoms with van der Waals surface area (Å²) in [5.41, 5.74) is 0.351. The summed E-state index contributed by atoms with van der Waals surface area (Å²) in [7, 11) is 4.50. The molecule has 1 aromatic carbocycles. The molecule has 20 heavy (non-hydrogen) atoms. The van der Waals surface area contributed by atoms with E-state index in [0.29, 0.717) is 22.8 Å². The second-order valence-electron chi connectivity index (χ2n) is 3.89. The van der Waals surface area contributed by atoms with Crippen LogP contribution in [0.25, 0.3) is 0 Å². The minimum absolute atomic E-state index is 0.239. The molecule has 1 aromatic rings. The van der Waals surface area contributed by atoms with Crippen LogP contribution in [0.5, 0.6) is 17.2 Å². The van der Waals surface area contributed by atoms with E-state index in [-0.39, 0.29) is 6.61 Å². The summed E-state index contributed by atoms with van der Waals surface area (Å²) in [5.74, 6) is 0.841. The number of benzene rings is 1. The third-order valence-corrected chi connectivity index (χ3v) is 2.61. The largest absolute Gasteiger partial charge is 0.493 e. The Hall–Kier alpha value is -2.17. The molecule has 0 aliphatic carbocycles. The van der Waals surface area contributed by atoms with E-state index in [1.807, 2.05) is 13.0 Å². The molecule has 0 N–H and O–H groups in total.